The molecule has 3 rings (SSSR count). The number of anilines is 2. The fraction of sp³-hybridized carbons (Fsp3) is 0.105. The van der Waals surface area contributed by atoms with Gasteiger partial charge >= 0.3 is 0 Å². The number of aromatic nitrogens is 2. The molecule has 0 aliphatic rings. The first kappa shape index (κ1) is 17.7. The van der Waals surface area contributed by atoms with Gasteiger partial charge in [0.05, 0.1) is 7.11 Å². The number of amides is 1. The van der Waals surface area contributed by atoms with Crippen molar-refractivity contribution in [2.75, 3.05) is 12.4 Å². The molecule has 0 bridgehead atoms. The molecule has 26 heavy (non-hydrogen) atoms. The molecule has 1 aromatic heterocycles. The molecule has 0 spiro atoms. The van der Waals surface area contributed by atoms with Gasteiger partial charge in [-0.1, -0.05) is 23.7 Å². The van der Waals surface area contributed by atoms with E-state index in [4.69, 9.17) is 16.3 Å². The van der Waals surface area contributed by atoms with Gasteiger partial charge in [-0.2, -0.15) is 0 Å². The summed E-state index contributed by atoms with van der Waals surface area (Å²) in [4.78, 5) is 12.2. The van der Waals surface area contributed by atoms with E-state index in [-0.39, 0.29) is 11.6 Å². The van der Waals surface area contributed by atoms with Crippen molar-refractivity contribution in [2.24, 2.45) is 0 Å². The van der Waals surface area contributed by atoms with Crippen molar-refractivity contribution in [3.05, 3.63) is 76.9 Å². The van der Waals surface area contributed by atoms with Crippen LogP contribution in [0, 0.1) is 0 Å². The van der Waals surface area contributed by atoms with Crippen LogP contribution in [0.25, 0.3) is 0 Å². The predicted octanol–water partition coefficient (Wildman–Crippen LogP) is 3.81. The van der Waals surface area contributed by atoms with Gasteiger partial charge in [-0.15, -0.1) is 10.2 Å². The number of carbonyl (C=O) groups excluding carboxylic acids is 1. The van der Waals surface area contributed by atoms with E-state index in [1.807, 2.05) is 36.4 Å². The van der Waals surface area contributed by atoms with E-state index in [0.717, 1.165) is 17.0 Å². The van der Waals surface area contributed by atoms with Gasteiger partial charge in [0.2, 0.25) is 0 Å². The average molecular weight is 369 g/mol. The summed E-state index contributed by atoms with van der Waals surface area (Å²) >= 11 is 5.85. The number of ether oxygens (including phenoxy) is 1. The Morgan fingerprint density at radius 1 is 1.00 bits per heavy atom. The lowest BCUT2D eigenvalue weighted by atomic mass is 10.2. The lowest BCUT2D eigenvalue weighted by Gasteiger charge is -2.07. The minimum absolute atomic E-state index is 0.250. The molecule has 0 aliphatic heterocycles. The van der Waals surface area contributed by atoms with Crippen LogP contribution in [0.3, 0.4) is 0 Å². The van der Waals surface area contributed by atoms with Gasteiger partial charge in [0.15, 0.2) is 11.5 Å². The number of hydrogen-bond acceptors (Lipinski definition) is 5. The number of hydrogen-bond donors (Lipinski definition) is 2. The molecular formula is C19H17ClN4O2. The Bertz CT molecular complexity index is 866. The van der Waals surface area contributed by atoms with Crippen LogP contribution in [0.15, 0.2) is 60.7 Å². The molecule has 0 unspecified atom stereocenters. The Labute approximate surface area is 156 Å². The second kappa shape index (κ2) is 8.31. The lowest BCUT2D eigenvalue weighted by molar-refractivity contribution is 0.0945. The van der Waals surface area contributed by atoms with Crippen LogP contribution in [0.1, 0.15) is 16.1 Å². The van der Waals surface area contributed by atoms with Crippen molar-refractivity contribution in [3.8, 4) is 5.75 Å². The van der Waals surface area contributed by atoms with Gasteiger partial charge in [0.1, 0.15) is 5.75 Å². The van der Waals surface area contributed by atoms with Crippen LogP contribution in [-0.2, 0) is 6.54 Å². The second-order valence-electron chi connectivity index (χ2n) is 5.47. The second-order valence-corrected chi connectivity index (χ2v) is 5.90. The van der Waals surface area contributed by atoms with Gasteiger partial charge < -0.3 is 15.4 Å². The summed E-state index contributed by atoms with van der Waals surface area (Å²) in [6, 6.07) is 18.0. The number of nitrogens with zero attached hydrogens (tertiary/aromatic N) is 2. The molecule has 132 valence electrons. The van der Waals surface area contributed by atoms with E-state index in [9.17, 15) is 4.79 Å². The van der Waals surface area contributed by atoms with Crippen molar-refractivity contribution in [1.82, 2.24) is 15.5 Å². The molecule has 0 atom stereocenters. The van der Waals surface area contributed by atoms with Crippen molar-refractivity contribution < 1.29 is 9.53 Å². The van der Waals surface area contributed by atoms with E-state index in [2.05, 4.69) is 20.8 Å². The Kier molecular flexibility index (Phi) is 5.66. The van der Waals surface area contributed by atoms with Crippen LogP contribution < -0.4 is 15.4 Å². The first-order valence-electron chi connectivity index (χ1n) is 7.91. The lowest BCUT2D eigenvalue weighted by Crippen LogP contribution is -2.24. The standard InChI is InChI=1S/C19H17ClN4O2/c1-26-16-8-2-13(3-9-16)12-21-19(25)17-10-11-18(24-23-17)22-15-6-4-14(20)5-7-15/h2-11H,12H2,1H3,(H,21,25)(H,22,24). The minimum atomic E-state index is -0.286. The SMILES string of the molecule is COc1ccc(CNC(=O)c2ccc(Nc3ccc(Cl)cc3)nn2)cc1. The van der Waals surface area contributed by atoms with Gasteiger partial charge in [0.25, 0.3) is 5.91 Å². The maximum absolute atomic E-state index is 12.2. The van der Waals surface area contributed by atoms with Crippen molar-refractivity contribution in [3.63, 3.8) is 0 Å². The molecule has 0 fully saturated rings. The average Bonchev–Trinajstić information content (AvgIpc) is 2.69. The summed E-state index contributed by atoms with van der Waals surface area (Å²) in [6.07, 6.45) is 0. The summed E-state index contributed by atoms with van der Waals surface area (Å²) in [6.45, 7) is 0.398. The zero-order valence-corrected chi connectivity index (χ0v) is 14.8. The van der Waals surface area contributed by atoms with E-state index in [1.165, 1.54) is 0 Å². The zero-order chi connectivity index (χ0) is 18.4. The molecule has 1 heterocycles. The largest absolute Gasteiger partial charge is 0.497 e. The fourth-order valence-electron chi connectivity index (χ4n) is 2.22. The Balaban J connectivity index is 1.56. The first-order valence-corrected chi connectivity index (χ1v) is 8.29. The van der Waals surface area contributed by atoms with Gasteiger partial charge in [-0.3, -0.25) is 4.79 Å². The highest BCUT2D eigenvalue weighted by Gasteiger charge is 2.08. The molecule has 0 aliphatic carbocycles. The smallest absolute Gasteiger partial charge is 0.272 e. The molecule has 0 saturated carbocycles. The third kappa shape index (κ3) is 4.70. The summed E-state index contributed by atoms with van der Waals surface area (Å²) in [5.74, 6) is 1.03. The highest BCUT2D eigenvalue weighted by molar-refractivity contribution is 6.30. The third-order valence-electron chi connectivity index (χ3n) is 3.63. The van der Waals surface area contributed by atoms with Crippen LogP contribution in [0.4, 0.5) is 11.5 Å². The molecule has 2 N–H and O–H groups in total. The van der Waals surface area contributed by atoms with Crippen molar-refractivity contribution in [1.29, 1.82) is 0 Å². The maximum atomic E-state index is 12.2. The molecule has 6 nitrogen and oxygen atoms in total. The molecular weight excluding hydrogens is 352 g/mol. The molecule has 1 amide bonds. The highest BCUT2D eigenvalue weighted by atomic mass is 35.5. The Morgan fingerprint density at radius 2 is 1.73 bits per heavy atom. The molecule has 0 saturated heterocycles. The number of rotatable bonds is 6. The minimum Gasteiger partial charge on any atom is -0.497 e. The number of benzene rings is 2. The first-order chi connectivity index (χ1) is 12.6. The molecule has 7 heteroatoms. The Hall–Kier alpha value is -3.12. The summed E-state index contributed by atoms with van der Waals surface area (Å²) in [7, 11) is 1.61. The van der Waals surface area contributed by atoms with Crippen molar-refractivity contribution in [2.45, 2.75) is 6.54 Å². The molecule has 0 radical (unpaired) electrons. The summed E-state index contributed by atoms with van der Waals surface area (Å²) in [5.41, 5.74) is 2.05. The number of halogens is 1. The van der Waals surface area contributed by atoms with E-state index in [0.29, 0.717) is 17.4 Å². The van der Waals surface area contributed by atoms with Crippen LogP contribution in [0.2, 0.25) is 5.02 Å². The summed E-state index contributed by atoms with van der Waals surface area (Å²) < 4.78 is 5.11. The van der Waals surface area contributed by atoms with Crippen LogP contribution in [-0.4, -0.2) is 23.2 Å². The number of nitrogens with one attached hydrogen (secondary N) is 2. The predicted molar refractivity (Wildman–Crippen MR) is 101 cm³/mol. The number of carbonyl (C=O) groups is 1. The number of methoxy groups -OCH3 is 1. The van der Waals surface area contributed by atoms with E-state index >= 15 is 0 Å². The third-order valence-corrected chi connectivity index (χ3v) is 3.88. The molecule has 2 aromatic carbocycles. The van der Waals surface area contributed by atoms with E-state index in [1.54, 1.807) is 31.4 Å². The quantitative estimate of drug-likeness (QED) is 0.691. The van der Waals surface area contributed by atoms with Crippen LogP contribution in [0.5, 0.6) is 5.75 Å². The normalized spacial score (nSPS) is 10.2. The maximum Gasteiger partial charge on any atom is 0.272 e. The monoisotopic (exact) mass is 368 g/mol. The molecule has 3 aromatic rings. The Morgan fingerprint density at radius 3 is 2.35 bits per heavy atom. The van der Waals surface area contributed by atoms with E-state index < -0.39 is 0 Å². The highest BCUT2D eigenvalue weighted by Crippen LogP contribution is 2.17. The van der Waals surface area contributed by atoms with Gasteiger partial charge in [0, 0.05) is 17.3 Å². The van der Waals surface area contributed by atoms with Gasteiger partial charge in [-0.05, 0) is 54.1 Å². The summed E-state index contributed by atoms with van der Waals surface area (Å²) in [5, 5.41) is 14.5. The van der Waals surface area contributed by atoms with Crippen LogP contribution >= 0.6 is 11.6 Å². The fourth-order valence-corrected chi connectivity index (χ4v) is 2.34. The topological polar surface area (TPSA) is 76.1 Å². The zero-order valence-electron chi connectivity index (χ0n) is 14.1. The van der Waals surface area contributed by atoms with Crippen molar-refractivity contribution >= 4 is 29.0 Å². The van der Waals surface area contributed by atoms with Gasteiger partial charge in [-0.25, -0.2) is 0 Å².